The van der Waals surface area contributed by atoms with E-state index in [9.17, 15) is 9.18 Å². The van der Waals surface area contributed by atoms with Gasteiger partial charge >= 0.3 is 0 Å². The smallest absolute Gasteiger partial charge is 0.256 e. The second-order valence-corrected chi connectivity index (χ2v) is 7.76. The van der Waals surface area contributed by atoms with Crippen LogP contribution in [0.3, 0.4) is 0 Å². The Hall–Kier alpha value is -3.62. The summed E-state index contributed by atoms with van der Waals surface area (Å²) in [5.41, 5.74) is 8.66. The van der Waals surface area contributed by atoms with E-state index in [-0.39, 0.29) is 17.9 Å². The van der Waals surface area contributed by atoms with Gasteiger partial charge in [0.1, 0.15) is 11.6 Å². The molecule has 1 amide bonds. The second kappa shape index (κ2) is 6.72. The Kier molecular flexibility index (Phi) is 4.12. The largest absolute Gasteiger partial charge is 0.383 e. The first-order valence-corrected chi connectivity index (χ1v) is 9.71. The molecule has 2 N–H and O–H groups in total. The van der Waals surface area contributed by atoms with Gasteiger partial charge in [-0.15, -0.1) is 0 Å². The van der Waals surface area contributed by atoms with Gasteiger partial charge in [0.25, 0.3) is 5.91 Å². The summed E-state index contributed by atoms with van der Waals surface area (Å²) in [5.74, 6) is -0.309. The molecule has 0 bridgehead atoms. The molecule has 4 aromatic rings. The molecule has 1 saturated carbocycles. The maximum atomic E-state index is 14.8. The Morgan fingerprint density at radius 2 is 2.07 bits per heavy atom. The van der Waals surface area contributed by atoms with Crippen molar-refractivity contribution in [2.75, 3.05) is 12.8 Å². The van der Waals surface area contributed by atoms with Crippen LogP contribution in [-0.2, 0) is 13.6 Å². The number of rotatable bonds is 4. The van der Waals surface area contributed by atoms with Crippen molar-refractivity contribution >= 4 is 33.5 Å². The third-order valence-corrected chi connectivity index (χ3v) is 5.51. The summed E-state index contributed by atoms with van der Waals surface area (Å²) >= 11 is 0. The Labute approximate surface area is 171 Å². The summed E-state index contributed by atoms with van der Waals surface area (Å²) in [4.78, 5) is 18.7. The zero-order chi connectivity index (χ0) is 21.0. The van der Waals surface area contributed by atoms with Crippen LogP contribution in [0.5, 0.6) is 0 Å². The molecule has 152 valence electrons. The molecule has 0 atom stereocenters. The number of halogens is 1. The molecular formula is C21H20FN7O. The highest BCUT2D eigenvalue weighted by Crippen LogP contribution is 2.38. The van der Waals surface area contributed by atoms with Crippen molar-refractivity contribution in [2.45, 2.75) is 25.3 Å². The number of hydrogen-bond acceptors (Lipinski definition) is 6. The minimum Gasteiger partial charge on any atom is -0.383 e. The van der Waals surface area contributed by atoms with Gasteiger partial charge in [-0.25, -0.2) is 9.37 Å². The van der Waals surface area contributed by atoms with E-state index < -0.39 is 11.7 Å². The molecule has 8 nitrogen and oxygen atoms in total. The summed E-state index contributed by atoms with van der Waals surface area (Å²) in [5, 5.41) is 13.9. The van der Waals surface area contributed by atoms with Crippen LogP contribution < -0.4 is 5.73 Å². The molecule has 0 unspecified atom stereocenters. The lowest BCUT2D eigenvalue weighted by atomic mass is 10.1. The fraction of sp³-hybridized carbons (Fsp3) is 0.286. The van der Waals surface area contributed by atoms with Gasteiger partial charge in [-0.3, -0.25) is 9.48 Å². The molecule has 3 heterocycles. The number of anilines is 1. The third-order valence-electron chi connectivity index (χ3n) is 5.51. The number of amides is 1. The van der Waals surface area contributed by atoms with Gasteiger partial charge in [0.15, 0.2) is 0 Å². The van der Waals surface area contributed by atoms with Gasteiger partial charge in [0, 0.05) is 31.5 Å². The van der Waals surface area contributed by atoms with Gasteiger partial charge < -0.3 is 10.6 Å². The van der Waals surface area contributed by atoms with Crippen molar-refractivity contribution in [1.29, 1.82) is 0 Å². The fourth-order valence-electron chi connectivity index (χ4n) is 3.71. The quantitative estimate of drug-likeness (QED) is 0.560. The number of pyridine rings is 1. The molecule has 3 aromatic heterocycles. The average molecular weight is 405 g/mol. The van der Waals surface area contributed by atoms with E-state index in [1.165, 1.54) is 17.0 Å². The second-order valence-electron chi connectivity index (χ2n) is 7.76. The fourth-order valence-corrected chi connectivity index (χ4v) is 3.71. The van der Waals surface area contributed by atoms with Crippen molar-refractivity contribution in [3.8, 4) is 0 Å². The van der Waals surface area contributed by atoms with Gasteiger partial charge in [0.2, 0.25) is 0 Å². The van der Waals surface area contributed by atoms with Crippen molar-refractivity contribution in [2.24, 2.45) is 7.05 Å². The van der Waals surface area contributed by atoms with E-state index in [0.717, 1.165) is 18.5 Å². The van der Waals surface area contributed by atoms with Crippen molar-refractivity contribution in [3.63, 3.8) is 0 Å². The first kappa shape index (κ1) is 18.4. The summed E-state index contributed by atoms with van der Waals surface area (Å²) in [7, 11) is 3.38. The molecular weight excluding hydrogens is 385 g/mol. The maximum Gasteiger partial charge on any atom is 0.256 e. The zero-order valence-corrected chi connectivity index (χ0v) is 16.6. The van der Waals surface area contributed by atoms with Crippen LogP contribution in [0.2, 0.25) is 0 Å². The standard InChI is InChI=1S/C21H20FN7O/c1-28(10-12-5-6-17(27-26-12)11-3-4-11)21(30)13-7-14-18(8-16(13)22)25-20(23)15-9-24-29(2)19(14)15/h5-9,11H,3-4,10H2,1-2H3,(H2,23,25). The monoisotopic (exact) mass is 405 g/mol. The molecule has 0 saturated heterocycles. The first-order chi connectivity index (χ1) is 14.4. The van der Waals surface area contributed by atoms with Crippen molar-refractivity contribution in [1.82, 2.24) is 29.9 Å². The van der Waals surface area contributed by atoms with Crippen LogP contribution in [0.4, 0.5) is 10.2 Å². The van der Waals surface area contributed by atoms with Crippen molar-refractivity contribution < 1.29 is 9.18 Å². The van der Waals surface area contributed by atoms with Gasteiger partial charge in [-0.05, 0) is 31.0 Å². The molecule has 0 aliphatic heterocycles. The van der Waals surface area contributed by atoms with E-state index >= 15 is 0 Å². The molecule has 1 aromatic carbocycles. The molecule has 5 rings (SSSR count). The Balaban J connectivity index is 1.48. The van der Waals surface area contributed by atoms with E-state index in [4.69, 9.17) is 5.73 Å². The highest BCUT2D eigenvalue weighted by Gasteiger charge is 2.25. The van der Waals surface area contributed by atoms with Crippen LogP contribution in [0.15, 0.2) is 30.5 Å². The van der Waals surface area contributed by atoms with Crippen LogP contribution in [-0.4, -0.2) is 42.8 Å². The zero-order valence-electron chi connectivity index (χ0n) is 16.6. The summed E-state index contributed by atoms with van der Waals surface area (Å²) in [6.07, 6.45) is 3.91. The Morgan fingerprint density at radius 3 is 2.77 bits per heavy atom. The normalized spacial score (nSPS) is 13.8. The highest BCUT2D eigenvalue weighted by molar-refractivity contribution is 6.10. The minimum absolute atomic E-state index is 0.0402. The lowest BCUT2D eigenvalue weighted by molar-refractivity contribution is 0.0778. The number of aryl methyl sites for hydroxylation is 1. The minimum atomic E-state index is -0.650. The number of nitrogens with two attached hydrogens (primary N) is 1. The number of nitrogens with zero attached hydrogens (tertiary/aromatic N) is 6. The molecule has 0 spiro atoms. The number of carbonyl (C=O) groups is 1. The van der Waals surface area contributed by atoms with E-state index in [2.05, 4.69) is 20.3 Å². The number of hydrogen-bond donors (Lipinski definition) is 1. The average Bonchev–Trinajstić information content (AvgIpc) is 3.50. The van der Waals surface area contributed by atoms with Gasteiger partial charge in [-0.2, -0.15) is 15.3 Å². The van der Waals surface area contributed by atoms with Crippen LogP contribution >= 0.6 is 0 Å². The molecule has 0 radical (unpaired) electrons. The topological polar surface area (TPSA) is 103 Å². The molecule has 1 aliphatic rings. The number of benzene rings is 1. The number of aromatic nitrogens is 5. The lowest BCUT2D eigenvalue weighted by Crippen LogP contribution is -2.27. The van der Waals surface area contributed by atoms with E-state index in [1.54, 1.807) is 25.0 Å². The van der Waals surface area contributed by atoms with Crippen LogP contribution in [0.25, 0.3) is 21.8 Å². The summed E-state index contributed by atoms with van der Waals surface area (Å²) in [6.45, 7) is 0.232. The SMILES string of the molecule is CN(Cc1ccc(C2CC2)nn1)C(=O)c1cc2c(cc1F)nc(N)c1cnn(C)c12. The molecule has 1 fully saturated rings. The first-order valence-electron chi connectivity index (χ1n) is 9.71. The molecule has 9 heteroatoms. The van der Waals surface area contributed by atoms with Crippen molar-refractivity contribution in [3.05, 3.63) is 53.2 Å². The maximum absolute atomic E-state index is 14.8. The molecule has 1 aliphatic carbocycles. The van der Waals surface area contributed by atoms with Crippen LogP contribution in [0.1, 0.15) is 40.5 Å². The van der Waals surface area contributed by atoms with E-state index in [1.807, 2.05) is 12.1 Å². The van der Waals surface area contributed by atoms with Gasteiger partial charge in [0.05, 0.1) is 46.1 Å². The summed E-state index contributed by atoms with van der Waals surface area (Å²) < 4.78 is 16.4. The number of nitrogen functional groups attached to an aromatic ring is 1. The Morgan fingerprint density at radius 1 is 1.27 bits per heavy atom. The van der Waals surface area contributed by atoms with Crippen LogP contribution in [0, 0.1) is 5.82 Å². The van der Waals surface area contributed by atoms with Gasteiger partial charge in [-0.1, -0.05) is 0 Å². The third kappa shape index (κ3) is 3.02. The summed E-state index contributed by atoms with van der Waals surface area (Å²) in [6, 6.07) is 6.57. The number of fused-ring (bicyclic) bond motifs is 3. The molecule has 30 heavy (non-hydrogen) atoms. The predicted molar refractivity (Wildman–Crippen MR) is 110 cm³/mol. The lowest BCUT2D eigenvalue weighted by Gasteiger charge is -2.17. The highest BCUT2D eigenvalue weighted by atomic mass is 19.1. The Bertz CT molecular complexity index is 1290. The number of carbonyl (C=O) groups excluding carboxylic acids is 1. The van der Waals surface area contributed by atoms with E-state index in [0.29, 0.717) is 33.4 Å². The predicted octanol–water partition coefficient (Wildman–Crippen LogP) is 2.78.